The summed E-state index contributed by atoms with van der Waals surface area (Å²) in [6.45, 7) is 0. The number of anilines is 1. The van der Waals surface area contributed by atoms with Gasteiger partial charge in [-0.1, -0.05) is 59.6 Å². The number of aromatic nitrogens is 3. The highest BCUT2D eigenvalue weighted by atomic mass is 35.5. The van der Waals surface area contributed by atoms with Crippen LogP contribution in [0.15, 0.2) is 66.0 Å². The molecule has 0 saturated carbocycles. The lowest BCUT2D eigenvalue weighted by Crippen LogP contribution is -2.13. The third kappa shape index (κ3) is 3.25. The zero-order valence-electron chi connectivity index (χ0n) is 14.8. The first-order valence-electron chi connectivity index (χ1n) is 8.69. The standard InChI is InChI=1S/C21H12Cl2N4OS/c22-13-8-9-16(17(23)10-13)18-11-29-21-25-20(26-27(18)21)24-19(28)15-7-3-5-12-4-1-2-6-14(12)15/h1-11H,(H,24,26,28). The van der Waals surface area contributed by atoms with Gasteiger partial charge in [0, 0.05) is 21.5 Å². The van der Waals surface area contributed by atoms with Crippen LogP contribution >= 0.6 is 34.5 Å². The summed E-state index contributed by atoms with van der Waals surface area (Å²) in [5, 5.41) is 12.1. The van der Waals surface area contributed by atoms with Gasteiger partial charge in [-0.05, 0) is 35.0 Å². The van der Waals surface area contributed by atoms with Crippen LogP contribution in [-0.2, 0) is 0 Å². The quantitative estimate of drug-likeness (QED) is 0.366. The van der Waals surface area contributed by atoms with E-state index in [4.69, 9.17) is 23.2 Å². The Labute approximate surface area is 179 Å². The molecular formula is C21H12Cl2N4OS. The van der Waals surface area contributed by atoms with E-state index in [0.29, 0.717) is 20.6 Å². The van der Waals surface area contributed by atoms with Gasteiger partial charge in [0.15, 0.2) is 0 Å². The molecule has 29 heavy (non-hydrogen) atoms. The Hall–Kier alpha value is -2.93. The minimum Gasteiger partial charge on any atom is -0.289 e. The van der Waals surface area contributed by atoms with Crippen LogP contribution in [0.3, 0.4) is 0 Å². The minimum absolute atomic E-state index is 0.237. The lowest BCUT2D eigenvalue weighted by molar-refractivity contribution is 0.102. The number of thiazole rings is 1. The van der Waals surface area contributed by atoms with Crippen molar-refractivity contribution in [3.05, 3.63) is 81.7 Å². The second-order valence-corrected chi connectivity index (χ2v) is 8.04. The van der Waals surface area contributed by atoms with Crippen LogP contribution in [0.4, 0.5) is 5.95 Å². The van der Waals surface area contributed by atoms with Gasteiger partial charge in [0.2, 0.25) is 4.96 Å². The number of fused-ring (bicyclic) bond motifs is 2. The van der Waals surface area contributed by atoms with Gasteiger partial charge in [0.1, 0.15) is 0 Å². The highest BCUT2D eigenvalue weighted by Crippen LogP contribution is 2.33. The van der Waals surface area contributed by atoms with Crippen LogP contribution in [0.5, 0.6) is 0 Å². The average molecular weight is 439 g/mol. The molecule has 1 amide bonds. The number of amides is 1. The molecule has 0 bridgehead atoms. The summed E-state index contributed by atoms with van der Waals surface area (Å²) in [6.07, 6.45) is 0. The Bertz CT molecular complexity index is 1390. The molecule has 5 aromatic rings. The number of carbonyl (C=O) groups is 1. The molecule has 0 spiro atoms. The topological polar surface area (TPSA) is 59.3 Å². The Morgan fingerprint density at radius 3 is 2.72 bits per heavy atom. The van der Waals surface area contributed by atoms with Crippen molar-refractivity contribution in [3.8, 4) is 11.3 Å². The summed E-state index contributed by atoms with van der Waals surface area (Å²) in [5.74, 6) is -0.0211. The molecule has 5 rings (SSSR count). The maximum Gasteiger partial charge on any atom is 0.258 e. The highest BCUT2D eigenvalue weighted by Gasteiger charge is 2.17. The first-order chi connectivity index (χ1) is 14.1. The van der Waals surface area contributed by atoms with Crippen LogP contribution in [-0.4, -0.2) is 20.5 Å². The van der Waals surface area contributed by atoms with E-state index in [1.807, 2.05) is 47.8 Å². The number of hydrogen-bond donors (Lipinski definition) is 1. The first-order valence-corrected chi connectivity index (χ1v) is 10.3. The van der Waals surface area contributed by atoms with E-state index < -0.39 is 0 Å². The van der Waals surface area contributed by atoms with Gasteiger partial charge >= 0.3 is 0 Å². The smallest absolute Gasteiger partial charge is 0.258 e. The maximum absolute atomic E-state index is 12.8. The number of halogens is 2. The fourth-order valence-corrected chi connectivity index (χ4v) is 4.54. The van der Waals surface area contributed by atoms with Crippen molar-refractivity contribution < 1.29 is 4.79 Å². The van der Waals surface area contributed by atoms with Crippen molar-refractivity contribution in [2.24, 2.45) is 0 Å². The summed E-state index contributed by atoms with van der Waals surface area (Å²) in [4.78, 5) is 17.9. The van der Waals surface area contributed by atoms with Crippen molar-refractivity contribution in [1.82, 2.24) is 14.6 Å². The van der Waals surface area contributed by atoms with Gasteiger partial charge in [-0.2, -0.15) is 4.98 Å². The van der Waals surface area contributed by atoms with Gasteiger partial charge in [-0.3, -0.25) is 10.1 Å². The van der Waals surface area contributed by atoms with E-state index in [9.17, 15) is 4.79 Å². The molecular weight excluding hydrogens is 427 g/mol. The van der Waals surface area contributed by atoms with Crippen molar-refractivity contribution in [2.45, 2.75) is 0 Å². The molecule has 0 atom stereocenters. The lowest BCUT2D eigenvalue weighted by atomic mass is 10.0. The molecule has 8 heteroatoms. The van der Waals surface area contributed by atoms with Crippen LogP contribution < -0.4 is 5.32 Å². The van der Waals surface area contributed by atoms with Crippen LogP contribution in [0, 0.1) is 0 Å². The maximum atomic E-state index is 12.8. The highest BCUT2D eigenvalue weighted by molar-refractivity contribution is 7.15. The van der Waals surface area contributed by atoms with Gasteiger partial charge in [0.05, 0.1) is 10.7 Å². The van der Waals surface area contributed by atoms with Gasteiger partial charge < -0.3 is 0 Å². The monoisotopic (exact) mass is 438 g/mol. The average Bonchev–Trinajstić information content (AvgIpc) is 3.28. The molecule has 3 aromatic carbocycles. The molecule has 0 aliphatic heterocycles. The van der Waals surface area contributed by atoms with Crippen molar-refractivity contribution in [1.29, 1.82) is 0 Å². The van der Waals surface area contributed by atoms with Crippen molar-refractivity contribution in [3.63, 3.8) is 0 Å². The molecule has 2 heterocycles. The molecule has 0 aliphatic carbocycles. The van der Waals surface area contributed by atoms with E-state index in [1.54, 1.807) is 22.7 Å². The normalized spacial score (nSPS) is 11.2. The summed E-state index contributed by atoms with van der Waals surface area (Å²) in [6, 6.07) is 18.6. The zero-order chi connectivity index (χ0) is 20.0. The molecule has 0 unspecified atom stereocenters. The van der Waals surface area contributed by atoms with Crippen LogP contribution in [0.1, 0.15) is 10.4 Å². The van der Waals surface area contributed by atoms with E-state index in [1.165, 1.54) is 11.3 Å². The van der Waals surface area contributed by atoms with Crippen molar-refractivity contribution >= 4 is 62.1 Å². The van der Waals surface area contributed by atoms with E-state index >= 15 is 0 Å². The van der Waals surface area contributed by atoms with Gasteiger partial charge in [-0.25, -0.2) is 4.52 Å². The van der Waals surface area contributed by atoms with Gasteiger partial charge in [-0.15, -0.1) is 16.4 Å². The van der Waals surface area contributed by atoms with E-state index in [0.717, 1.165) is 22.0 Å². The molecule has 5 nitrogen and oxygen atoms in total. The Morgan fingerprint density at radius 1 is 1.03 bits per heavy atom. The number of hydrogen-bond acceptors (Lipinski definition) is 4. The SMILES string of the molecule is O=C(Nc1nc2scc(-c3ccc(Cl)cc3Cl)n2n1)c1cccc2ccccc12. The minimum atomic E-state index is -0.258. The summed E-state index contributed by atoms with van der Waals surface area (Å²) >= 11 is 13.7. The molecule has 1 N–H and O–H groups in total. The van der Waals surface area contributed by atoms with E-state index in [-0.39, 0.29) is 11.9 Å². The Morgan fingerprint density at radius 2 is 1.86 bits per heavy atom. The summed E-state index contributed by atoms with van der Waals surface area (Å²) in [5.41, 5.74) is 2.14. The van der Waals surface area contributed by atoms with Crippen LogP contribution in [0.2, 0.25) is 10.0 Å². The fraction of sp³-hybridized carbons (Fsp3) is 0. The Balaban J connectivity index is 1.50. The second-order valence-electron chi connectivity index (χ2n) is 6.36. The molecule has 0 fully saturated rings. The van der Waals surface area contributed by atoms with Gasteiger partial charge in [0.25, 0.3) is 11.9 Å². The first kappa shape index (κ1) is 18.1. The summed E-state index contributed by atoms with van der Waals surface area (Å²) in [7, 11) is 0. The number of carbonyl (C=O) groups excluding carboxylic acids is 1. The number of nitrogens with one attached hydrogen (secondary N) is 1. The molecule has 0 radical (unpaired) electrons. The third-order valence-electron chi connectivity index (χ3n) is 4.55. The molecule has 0 saturated heterocycles. The fourth-order valence-electron chi connectivity index (χ4n) is 3.21. The lowest BCUT2D eigenvalue weighted by Gasteiger charge is -2.05. The zero-order valence-corrected chi connectivity index (χ0v) is 17.1. The number of rotatable bonds is 3. The predicted octanol–water partition coefficient (Wildman–Crippen LogP) is 6.17. The second kappa shape index (κ2) is 7.15. The summed E-state index contributed by atoms with van der Waals surface area (Å²) < 4.78 is 1.67. The third-order valence-corrected chi connectivity index (χ3v) is 5.91. The predicted molar refractivity (Wildman–Crippen MR) is 118 cm³/mol. The van der Waals surface area contributed by atoms with E-state index in [2.05, 4.69) is 15.4 Å². The Kier molecular flexibility index (Phi) is 4.47. The number of nitrogens with zero attached hydrogens (tertiary/aromatic N) is 3. The molecule has 142 valence electrons. The largest absolute Gasteiger partial charge is 0.289 e. The van der Waals surface area contributed by atoms with Crippen molar-refractivity contribution in [2.75, 3.05) is 5.32 Å². The number of benzene rings is 3. The molecule has 0 aliphatic rings. The van der Waals surface area contributed by atoms with Crippen LogP contribution in [0.25, 0.3) is 27.0 Å². The molecule has 2 aromatic heterocycles.